The number of amides is 2. The normalized spacial score (nSPS) is 18.2. The molecule has 0 N–H and O–H groups in total. The highest BCUT2D eigenvalue weighted by molar-refractivity contribution is 8.14. The number of methoxy groups -OCH3 is 1. The number of hydrogen-bond donors (Lipinski definition) is 0. The van der Waals surface area contributed by atoms with Crippen LogP contribution in [0.3, 0.4) is 0 Å². The molecule has 0 aromatic heterocycles. The maximum Gasteiger partial charge on any atom is 0.288 e. The summed E-state index contributed by atoms with van der Waals surface area (Å²) in [5, 5.41) is -0.131. The van der Waals surface area contributed by atoms with Crippen molar-refractivity contribution < 1.29 is 18.7 Å². The van der Waals surface area contributed by atoms with Gasteiger partial charge in [-0.25, -0.2) is 4.39 Å². The van der Waals surface area contributed by atoms with E-state index in [-0.39, 0.29) is 35.1 Å². The van der Waals surface area contributed by atoms with E-state index in [1.807, 2.05) is 0 Å². The maximum atomic E-state index is 13.5. The highest BCUT2D eigenvalue weighted by atomic mass is 35.5. The molecule has 2 heterocycles. The second-order valence-corrected chi connectivity index (χ2v) is 7.02. The molecule has 0 bridgehead atoms. The molecule has 0 saturated carbocycles. The molecule has 0 atom stereocenters. The van der Waals surface area contributed by atoms with Crippen molar-refractivity contribution in [3.63, 3.8) is 0 Å². The second kappa shape index (κ2) is 9.43. The van der Waals surface area contributed by atoms with Crippen LogP contribution in [0, 0.1) is 5.82 Å². The van der Waals surface area contributed by atoms with Crippen LogP contribution in [-0.2, 0) is 4.79 Å². The van der Waals surface area contributed by atoms with Gasteiger partial charge in [0.1, 0.15) is 11.6 Å². The molecule has 26 heavy (non-hydrogen) atoms. The molecule has 0 aliphatic carbocycles. The Morgan fingerprint density at radius 1 is 1.15 bits per heavy atom. The van der Waals surface area contributed by atoms with Crippen molar-refractivity contribution in [1.29, 1.82) is 0 Å². The third kappa shape index (κ3) is 4.81. The molecule has 2 amide bonds. The lowest BCUT2D eigenvalue weighted by molar-refractivity contribution is -0.124. The van der Waals surface area contributed by atoms with Gasteiger partial charge in [-0.05, 0) is 25.1 Å². The van der Waals surface area contributed by atoms with Crippen LogP contribution in [0.1, 0.15) is 6.42 Å². The Balaban J connectivity index is 0.00000243. The first-order chi connectivity index (χ1) is 12.1. The predicted octanol–water partition coefficient (Wildman–Crippen LogP) is 2.46. The molecule has 1 aromatic carbocycles. The molecule has 3 rings (SSSR count). The van der Waals surface area contributed by atoms with Gasteiger partial charge < -0.3 is 9.64 Å². The number of rotatable bonds is 6. The van der Waals surface area contributed by atoms with Crippen LogP contribution in [0.2, 0.25) is 0 Å². The number of imide groups is 1. The van der Waals surface area contributed by atoms with Crippen LogP contribution in [0.5, 0.6) is 5.75 Å². The number of benzene rings is 1. The topological polar surface area (TPSA) is 53.1 Å². The van der Waals surface area contributed by atoms with Crippen LogP contribution in [0.25, 0.3) is 0 Å². The van der Waals surface area contributed by atoms with Gasteiger partial charge in [-0.2, -0.15) is 0 Å². The SMILES string of the molecule is COc1ccc(F)cc1N1CCN(CCCN2C(=O)CSC2=O)CC1.Cl. The Bertz CT molecular complexity index is 640. The monoisotopic (exact) mass is 403 g/mol. The summed E-state index contributed by atoms with van der Waals surface area (Å²) in [6.07, 6.45) is 0.779. The molecule has 1 aromatic rings. The lowest BCUT2D eigenvalue weighted by Crippen LogP contribution is -2.47. The molecule has 9 heteroatoms. The van der Waals surface area contributed by atoms with Gasteiger partial charge in [0.25, 0.3) is 5.24 Å². The number of halogens is 2. The molecule has 0 radical (unpaired) electrons. The Morgan fingerprint density at radius 3 is 2.50 bits per heavy atom. The summed E-state index contributed by atoms with van der Waals surface area (Å²) in [5.74, 6) is 0.597. The second-order valence-electron chi connectivity index (χ2n) is 6.10. The van der Waals surface area contributed by atoms with Gasteiger partial charge in [-0.15, -0.1) is 12.4 Å². The Morgan fingerprint density at radius 2 is 1.88 bits per heavy atom. The average Bonchev–Trinajstić information content (AvgIpc) is 2.94. The van der Waals surface area contributed by atoms with Crippen molar-refractivity contribution in [3.8, 4) is 5.75 Å². The fourth-order valence-corrected chi connectivity index (χ4v) is 3.92. The lowest BCUT2D eigenvalue weighted by Gasteiger charge is -2.36. The first-order valence-electron chi connectivity index (χ1n) is 8.36. The van der Waals surface area contributed by atoms with E-state index >= 15 is 0 Å². The lowest BCUT2D eigenvalue weighted by atomic mass is 10.2. The molecule has 0 unspecified atom stereocenters. The van der Waals surface area contributed by atoms with Crippen molar-refractivity contribution in [3.05, 3.63) is 24.0 Å². The number of ether oxygens (including phenoxy) is 1. The zero-order chi connectivity index (χ0) is 17.8. The maximum absolute atomic E-state index is 13.5. The van der Waals surface area contributed by atoms with E-state index in [0.717, 1.165) is 56.6 Å². The molecule has 0 spiro atoms. The van der Waals surface area contributed by atoms with E-state index in [0.29, 0.717) is 12.3 Å². The number of hydrogen-bond acceptors (Lipinski definition) is 6. The molecule has 2 aliphatic heterocycles. The quantitative estimate of drug-likeness (QED) is 0.727. The van der Waals surface area contributed by atoms with Crippen molar-refractivity contribution in [2.75, 3.05) is 57.0 Å². The van der Waals surface area contributed by atoms with Gasteiger partial charge in [0, 0.05) is 38.8 Å². The summed E-state index contributed by atoms with van der Waals surface area (Å²) in [4.78, 5) is 28.9. The Kier molecular flexibility index (Phi) is 7.55. The number of nitrogens with zero attached hydrogens (tertiary/aromatic N) is 3. The van der Waals surface area contributed by atoms with Crippen LogP contribution in [0.15, 0.2) is 18.2 Å². The van der Waals surface area contributed by atoms with Crippen molar-refractivity contribution in [1.82, 2.24) is 9.80 Å². The van der Waals surface area contributed by atoms with Crippen LogP contribution in [0.4, 0.5) is 14.9 Å². The van der Waals surface area contributed by atoms with E-state index in [1.54, 1.807) is 13.2 Å². The molecular formula is C17H23ClFN3O3S. The predicted molar refractivity (Wildman–Crippen MR) is 103 cm³/mol. The van der Waals surface area contributed by atoms with Crippen molar-refractivity contribution in [2.24, 2.45) is 0 Å². The van der Waals surface area contributed by atoms with Gasteiger partial charge in [-0.1, -0.05) is 11.8 Å². The third-order valence-electron chi connectivity index (χ3n) is 4.55. The number of piperazine rings is 1. The average molecular weight is 404 g/mol. The van der Waals surface area contributed by atoms with Gasteiger partial charge in [0.15, 0.2) is 0 Å². The molecule has 2 aliphatic rings. The first-order valence-corrected chi connectivity index (χ1v) is 9.35. The number of carbonyl (C=O) groups is 2. The Hall–Kier alpha value is -1.51. The van der Waals surface area contributed by atoms with E-state index in [2.05, 4.69) is 9.80 Å². The summed E-state index contributed by atoms with van der Waals surface area (Å²) >= 11 is 1.08. The minimum Gasteiger partial charge on any atom is -0.495 e. The van der Waals surface area contributed by atoms with E-state index in [1.165, 1.54) is 17.0 Å². The number of thioether (sulfide) groups is 1. The van der Waals surface area contributed by atoms with E-state index < -0.39 is 0 Å². The van der Waals surface area contributed by atoms with Crippen molar-refractivity contribution in [2.45, 2.75) is 6.42 Å². The molecule has 2 saturated heterocycles. The zero-order valence-electron chi connectivity index (χ0n) is 14.6. The van der Waals surface area contributed by atoms with Crippen LogP contribution >= 0.6 is 24.2 Å². The fourth-order valence-electron chi connectivity index (χ4n) is 3.17. The third-order valence-corrected chi connectivity index (χ3v) is 5.41. The fraction of sp³-hybridized carbons (Fsp3) is 0.529. The first kappa shape index (κ1) is 20.8. The number of anilines is 1. The van der Waals surface area contributed by atoms with E-state index in [4.69, 9.17) is 4.74 Å². The summed E-state index contributed by atoms with van der Waals surface area (Å²) < 4.78 is 18.9. The minimum absolute atomic E-state index is 0. The van der Waals surface area contributed by atoms with E-state index in [9.17, 15) is 14.0 Å². The van der Waals surface area contributed by atoms with Crippen molar-refractivity contribution >= 4 is 41.0 Å². The standard InChI is InChI=1S/C17H22FN3O3S.ClH/c1-24-15-4-3-13(18)11-14(15)20-9-7-19(8-10-20)5-2-6-21-16(22)12-25-17(21)23;/h3-4,11H,2,5-10,12H2,1H3;1H. The van der Waals surface area contributed by atoms with Crippen LogP contribution in [-0.4, -0.2) is 73.1 Å². The van der Waals surface area contributed by atoms with Gasteiger partial charge >= 0.3 is 0 Å². The van der Waals surface area contributed by atoms with Gasteiger partial charge in [-0.3, -0.25) is 19.4 Å². The summed E-state index contributed by atoms with van der Waals surface area (Å²) in [6, 6.07) is 4.56. The molecule has 144 valence electrons. The molecular weight excluding hydrogens is 381 g/mol. The van der Waals surface area contributed by atoms with Gasteiger partial charge in [0.05, 0.1) is 18.6 Å². The highest BCUT2D eigenvalue weighted by Crippen LogP contribution is 2.29. The molecule has 2 fully saturated rings. The minimum atomic E-state index is -0.268. The highest BCUT2D eigenvalue weighted by Gasteiger charge is 2.29. The Labute approximate surface area is 163 Å². The largest absolute Gasteiger partial charge is 0.495 e. The summed E-state index contributed by atoms with van der Waals surface area (Å²) in [5.41, 5.74) is 0.785. The number of carbonyl (C=O) groups excluding carboxylic acids is 2. The van der Waals surface area contributed by atoms with Gasteiger partial charge in [0.2, 0.25) is 5.91 Å². The molecule has 6 nitrogen and oxygen atoms in total. The smallest absolute Gasteiger partial charge is 0.288 e. The van der Waals surface area contributed by atoms with Crippen LogP contribution < -0.4 is 9.64 Å². The summed E-state index contributed by atoms with van der Waals surface area (Å²) in [7, 11) is 1.59. The summed E-state index contributed by atoms with van der Waals surface area (Å²) in [6.45, 7) is 4.62. The zero-order valence-corrected chi connectivity index (χ0v) is 16.3.